The number of hydrogen-bond acceptors (Lipinski definition) is 2. The summed E-state index contributed by atoms with van der Waals surface area (Å²) in [5, 5.41) is 18.4. The van der Waals surface area contributed by atoms with Crippen molar-refractivity contribution < 1.29 is 15.0 Å². The minimum absolute atomic E-state index is 0.0596. The normalized spacial score (nSPS) is 12.4. The summed E-state index contributed by atoms with van der Waals surface area (Å²) in [7, 11) is 0. The number of unbranched alkanes of at least 4 members (excludes halogenated alkanes) is 14. The van der Waals surface area contributed by atoms with Crippen LogP contribution in [-0.2, 0) is 4.79 Å². The van der Waals surface area contributed by atoms with E-state index in [1.165, 1.54) is 89.9 Å². The molecule has 0 aliphatic heterocycles. The van der Waals surface area contributed by atoms with Crippen molar-refractivity contribution in [1.82, 2.24) is 0 Å². The minimum Gasteiger partial charge on any atom is -0.481 e. The van der Waals surface area contributed by atoms with E-state index in [4.69, 9.17) is 5.11 Å². The molecule has 0 amide bonds. The Labute approximate surface area is 156 Å². The lowest BCUT2D eigenvalue weighted by molar-refractivity contribution is -0.137. The van der Waals surface area contributed by atoms with Gasteiger partial charge >= 0.3 is 5.97 Å². The van der Waals surface area contributed by atoms with Crippen LogP contribution in [0.5, 0.6) is 0 Å². The molecule has 150 valence electrons. The second-order valence-corrected chi connectivity index (χ2v) is 7.68. The highest BCUT2D eigenvalue weighted by Gasteiger charge is 2.03. The van der Waals surface area contributed by atoms with Gasteiger partial charge in [-0.1, -0.05) is 103 Å². The number of carbonyl (C=O) groups is 1. The molecule has 1 atom stereocenters. The first kappa shape index (κ1) is 24.4. The van der Waals surface area contributed by atoms with Crippen molar-refractivity contribution in [3.05, 3.63) is 0 Å². The van der Waals surface area contributed by atoms with Gasteiger partial charge in [0.05, 0.1) is 6.10 Å². The molecular weight excluding hydrogens is 312 g/mol. The molecule has 0 fully saturated rings. The van der Waals surface area contributed by atoms with Gasteiger partial charge in [-0.3, -0.25) is 4.79 Å². The predicted molar refractivity (Wildman–Crippen MR) is 107 cm³/mol. The summed E-state index contributed by atoms with van der Waals surface area (Å²) in [6, 6.07) is 0. The smallest absolute Gasteiger partial charge is 0.303 e. The first-order chi connectivity index (χ1) is 12.2. The fourth-order valence-corrected chi connectivity index (χ4v) is 3.38. The third-order valence-electron chi connectivity index (χ3n) is 5.07. The van der Waals surface area contributed by atoms with E-state index in [9.17, 15) is 9.90 Å². The Kier molecular flexibility index (Phi) is 19.3. The third-order valence-corrected chi connectivity index (χ3v) is 5.07. The highest BCUT2D eigenvalue weighted by atomic mass is 16.4. The number of carboxylic acids is 1. The number of aliphatic carboxylic acids is 1. The summed E-state index contributed by atoms with van der Waals surface area (Å²) in [5.41, 5.74) is 0. The van der Waals surface area contributed by atoms with E-state index in [0.717, 1.165) is 25.7 Å². The first-order valence-electron chi connectivity index (χ1n) is 11.1. The molecule has 0 bridgehead atoms. The van der Waals surface area contributed by atoms with Crippen LogP contribution in [0.1, 0.15) is 129 Å². The van der Waals surface area contributed by atoms with Crippen LogP contribution in [0.15, 0.2) is 0 Å². The highest BCUT2D eigenvalue weighted by molar-refractivity contribution is 5.66. The number of aliphatic hydroxyl groups is 1. The average Bonchev–Trinajstić information content (AvgIpc) is 2.58. The summed E-state index contributed by atoms with van der Waals surface area (Å²) < 4.78 is 0. The second-order valence-electron chi connectivity index (χ2n) is 7.68. The van der Waals surface area contributed by atoms with Gasteiger partial charge in [0.2, 0.25) is 0 Å². The number of rotatable bonds is 20. The third kappa shape index (κ3) is 21.4. The van der Waals surface area contributed by atoms with Gasteiger partial charge in [-0.05, 0) is 19.3 Å². The largest absolute Gasteiger partial charge is 0.481 e. The molecule has 0 saturated heterocycles. The van der Waals surface area contributed by atoms with Crippen LogP contribution in [0.3, 0.4) is 0 Å². The Morgan fingerprint density at radius 2 is 1.00 bits per heavy atom. The van der Waals surface area contributed by atoms with Gasteiger partial charge in [0, 0.05) is 6.42 Å². The van der Waals surface area contributed by atoms with Crippen molar-refractivity contribution in [2.24, 2.45) is 0 Å². The molecular formula is C22H44O3. The van der Waals surface area contributed by atoms with Crippen molar-refractivity contribution in [2.75, 3.05) is 0 Å². The Bertz CT molecular complexity index is 278. The van der Waals surface area contributed by atoms with E-state index in [1.807, 2.05) is 0 Å². The van der Waals surface area contributed by atoms with Gasteiger partial charge in [-0.25, -0.2) is 0 Å². The lowest BCUT2D eigenvalue weighted by Gasteiger charge is -2.09. The fourth-order valence-electron chi connectivity index (χ4n) is 3.38. The van der Waals surface area contributed by atoms with Gasteiger partial charge < -0.3 is 10.2 Å². The lowest BCUT2D eigenvalue weighted by Crippen LogP contribution is -2.05. The summed E-state index contributed by atoms with van der Waals surface area (Å²) in [6.07, 6.45) is 22.2. The molecule has 3 nitrogen and oxygen atoms in total. The quantitative estimate of drug-likeness (QED) is 0.234. The van der Waals surface area contributed by atoms with Gasteiger partial charge in [0.1, 0.15) is 0 Å². The summed E-state index contributed by atoms with van der Waals surface area (Å²) >= 11 is 0. The summed E-state index contributed by atoms with van der Waals surface area (Å²) in [5.74, 6) is -0.664. The molecule has 0 aliphatic rings. The maximum Gasteiger partial charge on any atom is 0.303 e. The zero-order valence-electron chi connectivity index (χ0n) is 16.8. The molecule has 0 aromatic heterocycles. The van der Waals surface area contributed by atoms with Crippen molar-refractivity contribution in [3.8, 4) is 0 Å². The van der Waals surface area contributed by atoms with Gasteiger partial charge in [-0.15, -0.1) is 0 Å². The van der Waals surface area contributed by atoms with E-state index < -0.39 is 5.97 Å². The van der Waals surface area contributed by atoms with E-state index in [0.29, 0.717) is 6.42 Å². The summed E-state index contributed by atoms with van der Waals surface area (Å²) in [6.45, 7) is 2.21. The van der Waals surface area contributed by atoms with Crippen LogP contribution in [0.25, 0.3) is 0 Å². The monoisotopic (exact) mass is 356 g/mol. The topological polar surface area (TPSA) is 57.5 Å². The van der Waals surface area contributed by atoms with E-state index in [-0.39, 0.29) is 6.10 Å². The van der Waals surface area contributed by atoms with Crippen LogP contribution in [0.2, 0.25) is 0 Å². The zero-order chi connectivity index (χ0) is 18.6. The molecule has 0 saturated carbocycles. The van der Waals surface area contributed by atoms with Gasteiger partial charge in [-0.2, -0.15) is 0 Å². The molecule has 0 aromatic carbocycles. The van der Waals surface area contributed by atoms with Gasteiger partial charge in [0.15, 0.2) is 0 Å². The Balaban J connectivity index is 3.08. The molecule has 3 heteroatoms. The fraction of sp³-hybridized carbons (Fsp3) is 0.955. The van der Waals surface area contributed by atoms with Crippen LogP contribution in [0, 0.1) is 0 Å². The summed E-state index contributed by atoms with van der Waals surface area (Å²) in [4.78, 5) is 10.4. The van der Waals surface area contributed by atoms with Crippen molar-refractivity contribution in [2.45, 2.75) is 135 Å². The van der Waals surface area contributed by atoms with Crippen LogP contribution in [-0.4, -0.2) is 22.3 Å². The maximum atomic E-state index is 10.4. The lowest BCUT2D eigenvalue weighted by atomic mass is 10.0. The Morgan fingerprint density at radius 3 is 1.40 bits per heavy atom. The van der Waals surface area contributed by atoms with Crippen molar-refractivity contribution in [3.63, 3.8) is 0 Å². The second kappa shape index (κ2) is 19.8. The molecule has 0 spiro atoms. The molecule has 0 heterocycles. The van der Waals surface area contributed by atoms with Crippen LogP contribution >= 0.6 is 0 Å². The van der Waals surface area contributed by atoms with E-state index in [2.05, 4.69) is 6.92 Å². The zero-order valence-corrected chi connectivity index (χ0v) is 16.8. The number of carboxylic acid groups (broad SMARTS) is 1. The van der Waals surface area contributed by atoms with Crippen LogP contribution < -0.4 is 0 Å². The molecule has 2 N–H and O–H groups in total. The van der Waals surface area contributed by atoms with E-state index in [1.54, 1.807) is 0 Å². The van der Waals surface area contributed by atoms with Crippen molar-refractivity contribution in [1.29, 1.82) is 0 Å². The average molecular weight is 357 g/mol. The number of hydrogen-bond donors (Lipinski definition) is 2. The molecule has 0 aromatic rings. The first-order valence-corrected chi connectivity index (χ1v) is 11.1. The Morgan fingerprint density at radius 1 is 0.640 bits per heavy atom. The standard InChI is InChI=1S/C22H44O3/c1-2-3-15-18-21(23)19-16-13-11-9-7-5-4-6-8-10-12-14-17-20-22(24)25/h21,23H,2-20H2,1H3,(H,24,25)/t21-/m1/s1. The predicted octanol–water partition coefficient (Wildman–Crippen LogP) is 6.86. The molecule has 0 aliphatic carbocycles. The SMILES string of the molecule is CCCCC[C@@H](O)CCCCCCCCCCCCCCCC(=O)O. The molecule has 0 rings (SSSR count). The van der Waals surface area contributed by atoms with Crippen LogP contribution in [0.4, 0.5) is 0 Å². The molecule has 25 heavy (non-hydrogen) atoms. The highest BCUT2D eigenvalue weighted by Crippen LogP contribution is 2.15. The van der Waals surface area contributed by atoms with E-state index >= 15 is 0 Å². The molecule has 0 unspecified atom stereocenters. The Hall–Kier alpha value is -0.570. The number of aliphatic hydroxyl groups excluding tert-OH is 1. The van der Waals surface area contributed by atoms with Crippen molar-refractivity contribution >= 4 is 5.97 Å². The van der Waals surface area contributed by atoms with Gasteiger partial charge in [0.25, 0.3) is 0 Å². The minimum atomic E-state index is -0.664. The molecule has 0 radical (unpaired) electrons. The maximum absolute atomic E-state index is 10.4.